The molecule has 0 N–H and O–H groups in total. The van der Waals surface area contributed by atoms with Crippen LogP contribution in [0.5, 0.6) is 0 Å². The fraction of sp³-hybridized carbons (Fsp3) is 0.556. The molecule has 3 nitrogen and oxygen atoms in total. The molecule has 1 heterocycles. The van der Waals surface area contributed by atoms with Gasteiger partial charge in [0.05, 0.1) is 12.8 Å². The van der Waals surface area contributed by atoms with Crippen LogP contribution < -0.4 is 0 Å². The van der Waals surface area contributed by atoms with Gasteiger partial charge in [-0.05, 0) is 12.8 Å². The highest BCUT2D eigenvalue weighted by Crippen LogP contribution is 2.17. The average molecular weight is 168 g/mol. The Balaban J connectivity index is 2.25. The topological polar surface area (TPSA) is 35.3 Å². The fourth-order valence-electron chi connectivity index (χ4n) is 1.12. The van der Waals surface area contributed by atoms with Gasteiger partial charge in [-0.1, -0.05) is 12.1 Å². The Bertz CT molecular complexity index is 196. The molecular weight excluding hydrogens is 154 g/mol. The third-order valence-electron chi connectivity index (χ3n) is 1.89. The number of hydrogen-bond donors (Lipinski definition) is 0. The van der Waals surface area contributed by atoms with Gasteiger partial charge in [0, 0.05) is 18.6 Å². The van der Waals surface area contributed by atoms with Crippen molar-refractivity contribution in [2.75, 3.05) is 6.61 Å². The molecule has 0 aliphatic carbocycles. The van der Waals surface area contributed by atoms with Crippen molar-refractivity contribution in [3.8, 4) is 0 Å². The lowest BCUT2D eigenvalue weighted by Crippen LogP contribution is -1.96. The molecule has 1 aromatic rings. The van der Waals surface area contributed by atoms with Crippen molar-refractivity contribution >= 4 is 0 Å². The highest BCUT2D eigenvalue weighted by atomic mass is 16.5. The van der Waals surface area contributed by atoms with Gasteiger partial charge in [0.25, 0.3) is 0 Å². The molecule has 0 saturated carbocycles. The molecular formula is C9H14NO2. The van der Waals surface area contributed by atoms with E-state index in [1.165, 1.54) is 0 Å². The molecule has 0 aliphatic heterocycles. The van der Waals surface area contributed by atoms with E-state index in [9.17, 15) is 0 Å². The van der Waals surface area contributed by atoms with E-state index in [0.29, 0.717) is 12.5 Å². The molecule has 0 bridgehead atoms. The molecule has 0 saturated heterocycles. The van der Waals surface area contributed by atoms with Crippen molar-refractivity contribution in [2.45, 2.75) is 25.7 Å². The van der Waals surface area contributed by atoms with Gasteiger partial charge in [-0.15, -0.1) is 0 Å². The molecule has 0 spiro atoms. The minimum atomic E-state index is 0.443. The second kappa shape index (κ2) is 4.93. The van der Waals surface area contributed by atoms with Crippen LogP contribution in [0.3, 0.4) is 0 Å². The van der Waals surface area contributed by atoms with Gasteiger partial charge in [-0.25, -0.2) is 0 Å². The fourth-order valence-corrected chi connectivity index (χ4v) is 1.12. The molecule has 1 radical (unpaired) electrons. The highest BCUT2D eigenvalue weighted by Gasteiger charge is 2.07. The summed E-state index contributed by atoms with van der Waals surface area (Å²) in [4.78, 5) is 0. The van der Waals surface area contributed by atoms with Crippen LogP contribution in [0.2, 0.25) is 0 Å². The molecule has 67 valence electrons. The van der Waals surface area contributed by atoms with Crippen molar-refractivity contribution in [1.82, 2.24) is 5.16 Å². The van der Waals surface area contributed by atoms with Crippen LogP contribution in [0.4, 0.5) is 0 Å². The molecule has 1 rings (SSSR count). The number of nitrogens with zero attached hydrogens (tertiary/aromatic N) is 1. The SMILES string of the molecule is [CH2]OCCCC(C)c1ccon1. The van der Waals surface area contributed by atoms with E-state index >= 15 is 0 Å². The molecule has 0 aromatic carbocycles. The quantitative estimate of drug-likeness (QED) is 0.633. The lowest BCUT2D eigenvalue weighted by Gasteiger charge is -2.05. The van der Waals surface area contributed by atoms with Crippen molar-refractivity contribution in [3.05, 3.63) is 25.1 Å². The van der Waals surface area contributed by atoms with Crippen molar-refractivity contribution < 1.29 is 9.26 Å². The molecule has 0 aliphatic rings. The third-order valence-corrected chi connectivity index (χ3v) is 1.89. The summed E-state index contributed by atoms with van der Waals surface area (Å²) >= 11 is 0. The molecule has 1 atom stereocenters. The molecule has 12 heavy (non-hydrogen) atoms. The number of aromatic nitrogens is 1. The van der Waals surface area contributed by atoms with Gasteiger partial charge >= 0.3 is 0 Å². The Kier molecular flexibility index (Phi) is 3.80. The lowest BCUT2D eigenvalue weighted by molar-refractivity contribution is 0.231. The Morgan fingerprint density at radius 1 is 1.75 bits per heavy atom. The first-order valence-electron chi connectivity index (χ1n) is 4.12. The van der Waals surface area contributed by atoms with Gasteiger partial charge in [-0.3, -0.25) is 0 Å². The maximum absolute atomic E-state index is 4.75. The summed E-state index contributed by atoms with van der Waals surface area (Å²) in [5, 5.41) is 3.86. The van der Waals surface area contributed by atoms with Crippen LogP contribution in [0.15, 0.2) is 16.9 Å². The van der Waals surface area contributed by atoms with E-state index in [1.54, 1.807) is 6.26 Å². The first-order valence-corrected chi connectivity index (χ1v) is 4.12. The van der Waals surface area contributed by atoms with Gasteiger partial charge in [0.2, 0.25) is 0 Å². The second-order valence-electron chi connectivity index (χ2n) is 2.88. The molecule has 1 unspecified atom stereocenters. The standard InChI is InChI=1S/C9H14NO2/c1-8(4-3-6-11-2)9-5-7-12-10-9/h5,7-8H,2-4,6H2,1H3. The maximum atomic E-state index is 4.75. The largest absolute Gasteiger partial charge is 0.379 e. The predicted molar refractivity (Wildman–Crippen MR) is 45.5 cm³/mol. The summed E-state index contributed by atoms with van der Waals surface area (Å²) in [7, 11) is 3.31. The van der Waals surface area contributed by atoms with E-state index in [4.69, 9.17) is 9.26 Å². The molecule has 0 amide bonds. The van der Waals surface area contributed by atoms with Crippen LogP contribution in [0, 0.1) is 7.11 Å². The zero-order valence-electron chi connectivity index (χ0n) is 7.32. The van der Waals surface area contributed by atoms with Gasteiger partial charge in [0.15, 0.2) is 0 Å². The number of rotatable bonds is 5. The first kappa shape index (κ1) is 9.26. The van der Waals surface area contributed by atoms with E-state index in [-0.39, 0.29) is 0 Å². The zero-order valence-corrected chi connectivity index (χ0v) is 7.32. The van der Waals surface area contributed by atoms with Gasteiger partial charge in [-0.2, -0.15) is 0 Å². The Hall–Kier alpha value is -0.830. The van der Waals surface area contributed by atoms with Crippen LogP contribution in [-0.2, 0) is 4.74 Å². The highest BCUT2D eigenvalue weighted by molar-refractivity contribution is 5.01. The molecule has 0 fully saturated rings. The normalized spacial score (nSPS) is 13.2. The van der Waals surface area contributed by atoms with Crippen molar-refractivity contribution in [3.63, 3.8) is 0 Å². The number of hydrogen-bond acceptors (Lipinski definition) is 3. The third kappa shape index (κ3) is 2.66. The van der Waals surface area contributed by atoms with Crippen molar-refractivity contribution in [2.24, 2.45) is 0 Å². The maximum Gasteiger partial charge on any atom is 0.124 e. The van der Waals surface area contributed by atoms with E-state index in [1.807, 2.05) is 6.07 Å². The summed E-state index contributed by atoms with van der Waals surface area (Å²) in [6.45, 7) is 2.84. The zero-order chi connectivity index (χ0) is 8.81. The van der Waals surface area contributed by atoms with Crippen molar-refractivity contribution in [1.29, 1.82) is 0 Å². The van der Waals surface area contributed by atoms with Crippen LogP contribution in [0.1, 0.15) is 31.4 Å². The van der Waals surface area contributed by atoms with E-state index in [2.05, 4.69) is 19.2 Å². The lowest BCUT2D eigenvalue weighted by atomic mass is 10.0. The minimum absolute atomic E-state index is 0.443. The van der Waals surface area contributed by atoms with Gasteiger partial charge in [0.1, 0.15) is 6.26 Å². The van der Waals surface area contributed by atoms with Crippen LogP contribution in [-0.4, -0.2) is 11.8 Å². The second-order valence-corrected chi connectivity index (χ2v) is 2.88. The van der Waals surface area contributed by atoms with Gasteiger partial charge < -0.3 is 9.26 Å². The number of ether oxygens (including phenoxy) is 1. The Labute approximate surface area is 72.7 Å². The average Bonchev–Trinajstić information content (AvgIpc) is 2.56. The summed E-state index contributed by atoms with van der Waals surface area (Å²) < 4.78 is 9.46. The summed E-state index contributed by atoms with van der Waals surface area (Å²) in [5.41, 5.74) is 1.01. The molecule has 1 aromatic heterocycles. The Morgan fingerprint density at radius 2 is 2.58 bits per heavy atom. The summed E-state index contributed by atoms with van der Waals surface area (Å²) in [6, 6.07) is 1.90. The van der Waals surface area contributed by atoms with Crippen LogP contribution in [0.25, 0.3) is 0 Å². The van der Waals surface area contributed by atoms with E-state index < -0.39 is 0 Å². The predicted octanol–water partition coefficient (Wildman–Crippen LogP) is 2.37. The Morgan fingerprint density at radius 3 is 3.17 bits per heavy atom. The molecule has 3 heteroatoms. The smallest absolute Gasteiger partial charge is 0.124 e. The summed E-state index contributed by atoms with van der Waals surface area (Å²) in [6.07, 6.45) is 3.67. The van der Waals surface area contributed by atoms with E-state index in [0.717, 1.165) is 18.5 Å². The first-order chi connectivity index (χ1) is 5.84. The van der Waals surface area contributed by atoms with Crippen LogP contribution >= 0.6 is 0 Å². The summed E-state index contributed by atoms with van der Waals surface area (Å²) in [5.74, 6) is 0.443. The monoisotopic (exact) mass is 168 g/mol. The minimum Gasteiger partial charge on any atom is -0.379 e.